The molecule has 1 aromatic heterocycles. The Morgan fingerprint density at radius 1 is 1.15 bits per heavy atom. The summed E-state index contributed by atoms with van der Waals surface area (Å²) in [5, 5.41) is 7.61. The zero-order valence-corrected chi connectivity index (χ0v) is 15.5. The van der Waals surface area contributed by atoms with Gasteiger partial charge in [-0.15, -0.1) is 0 Å². The zero-order chi connectivity index (χ0) is 18.5. The molecule has 1 N–H and O–H groups in total. The number of aromatic nitrogens is 2. The van der Waals surface area contributed by atoms with E-state index in [1.807, 2.05) is 62.4 Å². The van der Waals surface area contributed by atoms with E-state index in [9.17, 15) is 4.79 Å². The maximum atomic E-state index is 12.2. The van der Waals surface area contributed by atoms with Crippen molar-refractivity contribution < 1.29 is 9.32 Å². The normalized spacial score (nSPS) is 12.0. The largest absolute Gasteiger partial charge is 0.350 e. The first-order valence-electron chi connectivity index (χ1n) is 8.46. The summed E-state index contributed by atoms with van der Waals surface area (Å²) >= 11 is 5.88. The highest BCUT2D eigenvalue weighted by molar-refractivity contribution is 6.30. The average molecular weight is 370 g/mol. The molecule has 0 saturated heterocycles. The van der Waals surface area contributed by atoms with Gasteiger partial charge in [0.25, 0.3) is 0 Å². The first-order chi connectivity index (χ1) is 12.5. The van der Waals surface area contributed by atoms with E-state index in [1.165, 1.54) is 5.56 Å². The van der Waals surface area contributed by atoms with E-state index in [0.717, 1.165) is 11.1 Å². The third-order valence-electron chi connectivity index (χ3n) is 4.09. The van der Waals surface area contributed by atoms with Crippen molar-refractivity contribution in [2.45, 2.75) is 32.7 Å². The lowest BCUT2D eigenvalue weighted by Crippen LogP contribution is -2.26. The molecule has 0 radical (unpaired) electrons. The van der Waals surface area contributed by atoms with Crippen molar-refractivity contribution in [1.29, 1.82) is 0 Å². The quantitative estimate of drug-likeness (QED) is 0.694. The summed E-state index contributed by atoms with van der Waals surface area (Å²) in [6, 6.07) is 15.2. The second-order valence-electron chi connectivity index (χ2n) is 6.22. The molecule has 0 aliphatic rings. The second-order valence-corrected chi connectivity index (χ2v) is 6.65. The lowest BCUT2D eigenvalue weighted by Gasteiger charge is -2.14. The van der Waals surface area contributed by atoms with Crippen LogP contribution in [0.1, 0.15) is 36.4 Å². The predicted molar refractivity (Wildman–Crippen MR) is 101 cm³/mol. The molecule has 1 atom stereocenters. The fraction of sp³-hybridized carbons (Fsp3) is 0.250. The van der Waals surface area contributed by atoms with Crippen LogP contribution in [0.15, 0.2) is 53.1 Å². The number of aryl methyl sites for hydroxylation is 2. The molecule has 1 amide bonds. The number of carbonyl (C=O) groups is 1. The molecule has 134 valence electrons. The van der Waals surface area contributed by atoms with Crippen LogP contribution in [0, 0.1) is 6.92 Å². The van der Waals surface area contributed by atoms with E-state index in [1.54, 1.807) is 0 Å². The van der Waals surface area contributed by atoms with Gasteiger partial charge in [-0.1, -0.05) is 58.7 Å². The highest BCUT2D eigenvalue weighted by atomic mass is 35.5. The topological polar surface area (TPSA) is 68.0 Å². The van der Waals surface area contributed by atoms with Crippen molar-refractivity contribution in [3.63, 3.8) is 0 Å². The highest BCUT2D eigenvalue weighted by Gasteiger charge is 2.13. The average Bonchev–Trinajstić information content (AvgIpc) is 3.10. The molecular weight excluding hydrogens is 350 g/mol. The Balaban J connectivity index is 1.53. The number of halogens is 1. The Morgan fingerprint density at radius 3 is 2.54 bits per heavy atom. The summed E-state index contributed by atoms with van der Waals surface area (Å²) in [5.41, 5.74) is 3.07. The lowest BCUT2D eigenvalue weighted by atomic mass is 10.1. The molecular formula is C20H20ClN3O2. The number of benzene rings is 2. The Bertz CT molecular complexity index is 873. The molecule has 5 nitrogen and oxygen atoms in total. The van der Waals surface area contributed by atoms with Crippen molar-refractivity contribution in [2.75, 3.05) is 0 Å². The van der Waals surface area contributed by atoms with E-state index in [2.05, 4.69) is 15.5 Å². The van der Waals surface area contributed by atoms with Crippen molar-refractivity contribution in [3.05, 3.63) is 70.6 Å². The fourth-order valence-corrected chi connectivity index (χ4v) is 2.67. The lowest BCUT2D eigenvalue weighted by molar-refractivity contribution is -0.121. The summed E-state index contributed by atoms with van der Waals surface area (Å²) in [7, 11) is 0. The van der Waals surface area contributed by atoms with Crippen molar-refractivity contribution in [1.82, 2.24) is 15.5 Å². The molecule has 0 aliphatic carbocycles. The standard InChI is InChI=1S/C20H20ClN3O2/c1-13-3-5-16(6-4-13)20-23-19(26-24-20)12-11-18(25)22-14(2)15-7-9-17(21)10-8-15/h3-10,14H,11-12H2,1-2H3,(H,22,25)/t14-/m0/s1. The number of nitrogens with zero attached hydrogens (tertiary/aromatic N) is 2. The van der Waals surface area contributed by atoms with E-state index in [4.69, 9.17) is 16.1 Å². The number of hydrogen-bond acceptors (Lipinski definition) is 4. The SMILES string of the molecule is Cc1ccc(-c2noc(CCC(=O)N[C@@H](C)c3ccc(Cl)cc3)n2)cc1. The van der Waals surface area contributed by atoms with Crippen LogP contribution >= 0.6 is 11.6 Å². The van der Waals surface area contributed by atoms with E-state index < -0.39 is 0 Å². The minimum atomic E-state index is -0.0921. The van der Waals surface area contributed by atoms with E-state index in [-0.39, 0.29) is 18.4 Å². The molecule has 26 heavy (non-hydrogen) atoms. The number of rotatable bonds is 6. The fourth-order valence-electron chi connectivity index (χ4n) is 2.55. The third-order valence-corrected chi connectivity index (χ3v) is 4.34. The van der Waals surface area contributed by atoms with E-state index >= 15 is 0 Å². The van der Waals surface area contributed by atoms with Gasteiger partial charge in [-0.2, -0.15) is 4.98 Å². The minimum Gasteiger partial charge on any atom is -0.350 e. The smallest absolute Gasteiger partial charge is 0.227 e. The number of carbonyl (C=O) groups excluding carboxylic acids is 1. The monoisotopic (exact) mass is 369 g/mol. The van der Waals surface area contributed by atoms with Gasteiger partial charge in [0.05, 0.1) is 6.04 Å². The maximum Gasteiger partial charge on any atom is 0.227 e. The van der Waals surface area contributed by atoms with Gasteiger partial charge >= 0.3 is 0 Å². The molecule has 0 saturated carbocycles. The maximum absolute atomic E-state index is 12.2. The Morgan fingerprint density at radius 2 is 1.85 bits per heavy atom. The van der Waals surface area contributed by atoms with Gasteiger partial charge in [-0.25, -0.2) is 0 Å². The summed E-state index contributed by atoms with van der Waals surface area (Å²) < 4.78 is 5.25. The first-order valence-corrected chi connectivity index (χ1v) is 8.83. The van der Waals surface area contributed by atoms with Crippen LogP contribution in [0.25, 0.3) is 11.4 Å². The van der Waals surface area contributed by atoms with Gasteiger partial charge < -0.3 is 9.84 Å². The van der Waals surface area contributed by atoms with Crippen LogP contribution in [0.4, 0.5) is 0 Å². The molecule has 0 unspecified atom stereocenters. The van der Waals surface area contributed by atoms with Crippen LogP contribution < -0.4 is 5.32 Å². The Kier molecular flexibility index (Phi) is 5.68. The molecule has 3 rings (SSSR count). The molecule has 0 fully saturated rings. The molecule has 0 bridgehead atoms. The number of amides is 1. The highest BCUT2D eigenvalue weighted by Crippen LogP contribution is 2.18. The van der Waals surface area contributed by atoms with Crippen LogP contribution in [0.2, 0.25) is 5.02 Å². The second kappa shape index (κ2) is 8.15. The Labute approximate surface area is 157 Å². The van der Waals surface area contributed by atoms with Crippen molar-refractivity contribution in [3.8, 4) is 11.4 Å². The summed E-state index contributed by atoms with van der Waals surface area (Å²) in [6.45, 7) is 3.96. The molecule has 3 aromatic rings. The van der Waals surface area contributed by atoms with Gasteiger partial charge in [0, 0.05) is 23.4 Å². The van der Waals surface area contributed by atoms with Crippen molar-refractivity contribution in [2.24, 2.45) is 0 Å². The number of hydrogen-bond donors (Lipinski definition) is 1. The number of nitrogens with one attached hydrogen (secondary N) is 1. The summed E-state index contributed by atoms with van der Waals surface area (Å²) in [4.78, 5) is 16.5. The van der Waals surface area contributed by atoms with Crippen molar-refractivity contribution >= 4 is 17.5 Å². The van der Waals surface area contributed by atoms with Crippen LogP contribution in [-0.4, -0.2) is 16.0 Å². The predicted octanol–water partition coefficient (Wildman–Crippen LogP) is 4.51. The van der Waals surface area contributed by atoms with Gasteiger partial charge in [0.15, 0.2) is 0 Å². The first kappa shape index (κ1) is 18.1. The van der Waals surface area contributed by atoms with Crippen LogP contribution in [-0.2, 0) is 11.2 Å². The molecule has 0 spiro atoms. The molecule has 6 heteroatoms. The molecule has 0 aliphatic heterocycles. The van der Waals surface area contributed by atoms with Gasteiger partial charge in [-0.3, -0.25) is 4.79 Å². The molecule has 1 heterocycles. The summed E-state index contributed by atoms with van der Waals surface area (Å²) in [6.07, 6.45) is 0.686. The molecule has 2 aromatic carbocycles. The van der Waals surface area contributed by atoms with E-state index in [0.29, 0.717) is 23.2 Å². The minimum absolute atomic E-state index is 0.0671. The van der Waals surface area contributed by atoms with Crippen LogP contribution in [0.5, 0.6) is 0 Å². The van der Waals surface area contributed by atoms with Gasteiger partial charge in [0.2, 0.25) is 17.6 Å². The van der Waals surface area contributed by atoms with Gasteiger partial charge in [0.1, 0.15) is 0 Å². The zero-order valence-electron chi connectivity index (χ0n) is 14.7. The Hall–Kier alpha value is -2.66. The summed E-state index contributed by atoms with van der Waals surface area (Å²) in [5.74, 6) is 0.923. The third kappa shape index (κ3) is 4.70. The van der Waals surface area contributed by atoms with Gasteiger partial charge in [-0.05, 0) is 31.5 Å². The van der Waals surface area contributed by atoms with Crippen LogP contribution in [0.3, 0.4) is 0 Å².